The molecule has 2 amide bonds. The first kappa shape index (κ1) is 21.9. The van der Waals surface area contributed by atoms with Crippen LogP contribution in [0, 0.1) is 0 Å². The van der Waals surface area contributed by atoms with Gasteiger partial charge in [-0.3, -0.25) is 9.78 Å². The molecule has 2 aliphatic rings. The lowest BCUT2D eigenvalue weighted by Gasteiger charge is -2.27. The summed E-state index contributed by atoms with van der Waals surface area (Å²) >= 11 is 0. The van der Waals surface area contributed by atoms with Crippen LogP contribution in [0.25, 0.3) is 0 Å². The number of pyridine rings is 2. The Bertz CT molecular complexity index is 965. The van der Waals surface area contributed by atoms with E-state index in [0.29, 0.717) is 25.5 Å². The van der Waals surface area contributed by atoms with Crippen LogP contribution in [0.3, 0.4) is 0 Å². The third kappa shape index (κ3) is 4.92. The highest BCUT2D eigenvalue weighted by molar-refractivity contribution is 5.78. The molecule has 2 aromatic heterocycles. The third-order valence-corrected chi connectivity index (χ3v) is 6.10. The summed E-state index contributed by atoms with van der Waals surface area (Å²) in [7, 11) is 1.77. The van der Waals surface area contributed by atoms with Gasteiger partial charge in [0.15, 0.2) is 0 Å². The summed E-state index contributed by atoms with van der Waals surface area (Å²) in [5.41, 5.74) is 4.04. The van der Waals surface area contributed by atoms with E-state index in [1.165, 1.54) is 0 Å². The number of urea groups is 1. The van der Waals surface area contributed by atoms with Crippen molar-refractivity contribution in [1.82, 2.24) is 19.8 Å². The third-order valence-electron chi connectivity index (χ3n) is 6.10. The van der Waals surface area contributed by atoms with E-state index in [9.17, 15) is 14.7 Å². The molecule has 170 valence electrons. The molecule has 0 aromatic carbocycles. The van der Waals surface area contributed by atoms with Gasteiger partial charge in [-0.2, -0.15) is 0 Å². The number of carboxylic acid groups (broad SMARTS) is 1. The monoisotopic (exact) mass is 438 g/mol. The quantitative estimate of drug-likeness (QED) is 0.552. The van der Waals surface area contributed by atoms with Crippen LogP contribution in [-0.4, -0.2) is 70.1 Å². The van der Waals surface area contributed by atoms with Gasteiger partial charge in [-0.05, 0) is 49.4 Å². The van der Waals surface area contributed by atoms with Crippen LogP contribution in [0.1, 0.15) is 42.3 Å². The summed E-state index contributed by atoms with van der Waals surface area (Å²) in [5, 5.41) is 15.7. The van der Waals surface area contributed by atoms with Crippen molar-refractivity contribution in [2.75, 3.05) is 43.9 Å². The molecule has 0 spiro atoms. The second-order valence-electron chi connectivity index (χ2n) is 8.23. The predicted octanol–water partition coefficient (Wildman–Crippen LogP) is 2.76. The van der Waals surface area contributed by atoms with E-state index in [1.807, 2.05) is 11.0 Å². The van der Waals surface area contributed by atoms with Gasteiger partial charge in [-0.1, -0.05) is 6.07 Å². The maximum absolute atomic E-state index is 13.1. The molecule has 0 radical (unpaired) electrons. The minimum Gasteiger partial charge on any atom is -0.481 e. The molecular weight excluding hydrogens is 408 g/mol. The van der Waals surface area contributed by atoms with E-state index in [2.05, 4.69) is 27.8 Å². The molecule has 32 heavy (non-hydrogen) atoms. The van der Waals surface area contributed by atoms with Crippen molar-refractivity contribution in [3.05, 3.63) is 47.4 Å². The first-order valence-corrected chi connectivity index (χ1v) is 11.2. The number of aliphatic carboxylic acids is 1. The molecule has 2 aromatic rings. The Kier molecular flexibility index (Phi) is 6.72. The minimum atomic E-state index is -0.938. The average Bonchev–Trinajstić information content (AvgIpc) is 3.17. The lowest BCUT2D eigenvalue weighted by Crippen LogP contribution is -2.36. The number of hydrogen-bond acceptors (Lipinski definition) is 6. The van der Waals surface area contributed by atoms with E-state index >= 15 is 0 Å². The first-order valence-electron chi connectivity index (χ1n) is 11.2. The number of amides is 2. The summed E-state index contributed by atoms with van der Waals surface area (Å²) < 4.78 is 0. The Morgan fingerprint density at radius 3 is 2.91 bits per heavy atom. The second kappa shape index (κ2) is 9.84. The fourth-order valence-corrected chi connectivity index (χ4v) is 4.39. The number of carbonyl (C=O) groups excluding carboxylic acids is 1. The Morgan fingerprint density at radius 1 is 1.28 bits per heavy atom. The molecule has 0 unspecified atom stereocenters. The van der Waals surface area contributed by atoms with Gasteiger partial charge in [-0.25, -0.2) is 9.78 Å². The van der Waals surface area contributed by atoms with Crippen LogP contribution in [0.4, 0.5) is 16.3 Å². The van der Waals surface area contributed by atoms with Crippen molar-refractivity contribution in [2.45, 2.75) is 38.1 Å². The molecule has 3 N–H and O–H groups in total. The highest BCUT2D eigenvalue weighted by Gasteiger charge is 2.35. The number of nitrogens with zero attached hydrogens (tertiary/aromatic N) is 4. The molecule has 1 fully saturated rings. The summed E-state index contributed by atoms with van der Waals surface area (Å²) in [6.07, 6.45) is 5.24. The van der Waals surface area contributed by atoms with E-state index in [1.54, 1.807) is 24.2 Å². The van der Waals surface area contributed by atoms with Crippen LogP contribution in [0.5, 0.6) is 0 Å². The number of fused-ring (bicyclic) bond motifs is 1. The number of aromatic nitrogens is 2. The zero-order chi connectivity index (χ0) is 22.5. The van der Waals surface area contributed by atoms with Crippen molar-refractivity contribution in [3.63, 3.8) is 0 Å². The van der Waals surface area contributed by atoms with Crippen molar-refractivity contribution in [2.24, 2.45) is 0 Å². The summed E-state index contributed by atoms with van der Waals surface area (Å²) in [6, 6.07) is 7.14. The number of anilines is 2. The zero-order valence-corrected chi connectivity index (χ0v) is 18.4. The highest BCUT2D eigenvalue weighted by atomic mass is 16.4. The summed E-state index contributed by atoms with van der Waals surface area (Å²) in [6.45, 7) is 2.73. The van der Waals surface area contributed by atoms with Crippen LogP contribution in [0.2, 0.25) is 0 Å². The van der Waals surface area contributed by atoms with E-state index in [-0.39, 0.29) is 12.5 Å². The Hall–Kier alpha value is -3.36. The maximum Gasteiger partial charge on any atom is 0.320 e. The molecule has 2 aliphatic heterocycles. The standard InChI is InChI=1S/C23H30N6O3/c1-24-21-9-6-16(15-26-21)20(14-22(30)31)29-13-12-28(23(29)32)11-3-4-17-7-8-18-19(27-17)5-2-10-25-18/h6-9,15,20,25H,2-5,10-14H2,1H3,(H,24,26)(H,30,31)/t20-/m1/s1. The van der Waals surface area contributed by atoms with Gasteiger partial charge in [0.2, 0.25) is 0 Å². The molecule has 9 heteroatoms. The average molecular weight is 439 g/mol. The van der Waals surface area contributed by atoms with Crippen LogP contribution in [0.15, 0.2) is 30.5 Å². The van der Waals surface area contributed by atoms with Crippen molar-refractivity contribution >= 4 is 23.5 Å². The molecule has 4 rings (SSSR count). The molecule has 0 bridgehead atoms. The maximum atomic E-state index is 13.1. The number of carbonyl (C=O) groups is 2. The van der Waals surface area contributed by atoms with Crippen LogP contribution >= 0.6 is 0 Å². The first-order chi connectivity index (χ1) is 15.5. The number of carboxylic acids is 1. The van der Waals surface area contributed by atoms with Crippen LogP contribution in [-0.2, 0) is 17.6 Å². The Labute approximate surface area is 187 Å². The zero-order valence-electron chi connectivity index (χ0n) is 18.4. The summed E-state index contributed by atoms with van der Waals surface area (Å²) in [5.74, 6) is -0.240. The normalized spacial score (nSPS) is 16.5. The van der Waals surface area contributed by atoms with Gasteiger partial charge < -0.3 is 25.5 Å². The number of aryl methyl sites for hydroxylation is 2. The smallest absolute Gasteiger partial charge is 0.320 e. The van der Waals surface area contributed by atoms with Crippen LogP contribution < -0.4 is 10.6 Å². The topological polar surface area (TPSA) is 111 Å². The predicted molar refractivity (Wildman–Crippen MR) is 122 cm³/mol. The van der Waals surface area contributed by atoms with E-state index in [0.717, 1.165) is 54.9 Å². The Morgan fingerprint density at radius 2 is 2.16 bits per heavy atom. The molecule has 9 nitrogen and oxygen atoms in total. The second-order valence-corrected chi connectivity index (χ2v) is 8.23. The molecule has 1 saturated heterocycles. The van der Waals surface area contributed by atoms with Crippen molar-refractivity contribution in [1.29, 1.82) is 0 Å². The Balaban J connectivity index is 1.36. The van der Waals surface area contributed by atoms with Crippen molar-refractivity contribution in [3.8, 4) is 0 Å². The van der Waals surface area contributed by atoms with Gasteiger partial charge in [0, 0.05) is 45.1 Å². The van der Waals surface area contributed by atoms with Gasteiger partial charge in [-0.15, -0.1) is 0 Å². The van der Waals surface area contributed by atoms with Gasteiger partial charge >= 0.3 is 12.0 Å². The highest BCUT2D eigenvalue weighted by Crippen LogP contribution is 2.29. The fourth-order valence-electron chi connectivity index (χ4n) is 4.39. The number of nitrogens with one attached hydrogen (secondary N) is 2. The lowest BCUT2D eigenvalue weighted by molar-refractivity contribution is -0.138. The lowest BCUT2D eigenvalue weighted by atomic mass is 10.0. The summed E-state index contributed by atoms with van der Waals surface area (Å²) in [4.78, 5) is 37.1. The molecular formula is C23H30N6O3. The SMILES string of the molecule is CNc1ccc([C@@H](CC(=O)O)N2CCN(CCCc3ccc4c(n3)CCCN4)C2=O)cn1. The number of rotatable bonds is 9. The van der Waals surface area contributed by atoms with Gasteiger partial charge in [0.1, 0.15) is 5.82 Å². The fraction of sp³-hybridized carbons (Fsp3) is 0.478. The molecule has 0 aliphatic carbocycles. The van der Waals surface area contributed by atoms with E-state index < -0.39 is 12.0 Å². The molecule has 0 saturated carbocycles. The van der Waals surface area contributed by atoms with Gasteiger partial charge in [0.25, 0.3) is 0 Å². The number of hydrogen-bond donors (Lipinski definition) is 3. The molecule has 1 atom stereocenters. The van der Waals surface area contributed by atoms with Gasteiger partial charge in [0.05, 0.1) is 23.8 Å². The molecule has 4 heterocycles. The largest absolute Gasteiger partial charge is 0.481 e. The minimum absolute atomic E-state index is 0.114. The van der Waals surface area contributed by atoms with E-state index in [4.69, 9.17) is 4.98 Å². The van der Waals surface area contributed by atoms with Crippen molar-refractivity contribution < 1.29 is 14.7 Å².